The van der Waals surface area contributed by atoms with Gasteiger partial charge >= 0.3 is 0 Å². The number of hydrogen-bond acceptors (Lipinski definition) is 4. The Bertz CT molecular complexity index is 638. The molecule has 4 nitrogen and oxygen atoms in total. The first kappa shape index (κ1) is 16.4. The molecular weight excluding hydrogens is 397 g/mol. The van der Waals surface area contributed by atoms with E-state index >= 15 is 0 Å². The van der Waals surface area contributed by atoms with Gasteiger partial charge in [-0.2, -0.15) is 0 Å². The predicted octanol–water partition coefficient (Wildman–Crippen LogP) is 4.61. The summed E-state index contributed by atoms with van der Waals surface area (Å²) in [7, 11) is 0. The Morgan fingerprint density at radius 3 is 2.71 bits per heavy atom. The van der Waals surface area contributed by atoms with Crippen LogP contribution >= 0.6 is 33.9 Å². The predicted molar refractivity (Wildman–Crippen MR) is 95.1 cm³/mol. The van der Waals surface area contributed by atoms with Crippen LogP contribution < -0.4 is 5.32 Å². The van der Waals surface area contributed by atoms with Crippen molar-refractivity contribution in [3.8, 4) is 0 Å². The van der Waals surface area contributed by atoms with Crippen molar-refractivity contribution in [3.05, 3.63) is 37.9 Å². The second-order valence-corrected chi connectivity index (χ2v) is 6.94. The lowest BCUT2D eigenvalue weighted by Gasteiger charge is -2.07. The first-order valence-corrected chi connectivity index (χ1v) is 8.86. The van der Waals surface area contributed by atoms with Crippen molar-refractivity contribution in [2.24, 2.45) is 0 Å². The molecule has 1 aromatic heterocycles. The summed E-state index contributed by atoms with van der Waals surface area (Å²) in [6.45, 7) is 6.28. The van der Waals surface area contributed by atoms with Crippen molar-refractivity contribution in [2.75, 3.05) is 5.32 Å². The Morgan fingerprint density at radius 2 is 2.05 bits per heavy atom. The van der Waals surface area contributed by atoms with Crippen molar-refractivity contribution in [1.82, 2.24) is 10.2 Å². The maximum Gasteiger partial charge on any atom is 0.258 e. The number of aromatic nitrogens is 2. The fourth-order valence-corrected chi connectivity index (χ4v) is 3.68. The molecule has 2 aromatic rings. The molecule has 0 aliphatic heterocycles. The van der Waals surface area contributed by atoms with Crippen molar-refractivity contribution in [2.45, 2.75) is 39.5 Å². The van der Waals surface area contributed by atoms with Gasteiger partial charge in [-0.15, -0.1) is 10.2 Å². The number of hydrogen-bond donors (Lipinski definition) is 1. The van der Waals surface area contributed by atoms with Crippen LogP contribution in [0.25, 0.3) is 0 Å². The lowest BCUT2D eigenvalue weighted by molar-refractivity contribution is 0.102. The van der Waals surface area contributed by atoms with Gasteiger partial charge in [0.15, 0.2) is 0 Å². The molecule has 0 radical (unpaired) electrons. The van der Waals surface area contributed by atoms with Crippen LogP contribution in [0.3, 0.4) is 0 Å². The smallest absolute Gasteiger partial charge is 0.258 e. The normalized spacial score (nSPS) is 10.9. The van der Waals surface area contributed by atoms with E-state index in [-0.39, 0.29) is 5.91 Å². The van der Waals surface area contributed by atoms with Crippen LogP contribution in [0.2, 0.25) is 0 Å². The molecule has 1 heterocycles. The summed E-state index contributed by atoms with van der Waals surface area (Å²) in [6, 6.07) is 5.71. The van der Waals surface area contributed by atoms with E-state index in [9.17, 15) is 4.79 Å². The van der Waals surface area contributed by atoms with E-state index in [1.54, 1.807) is 0 Å². The van der Waals surface area contributed by atoms with E-state index in [1.165, 1.54) is 11.3 Å². The highest BCUT2D eigenvalue weighted by Crippen LogP contribution is 2.28. The van der Waals surface area contributed by atoms with Crippen molar-refractivity contribution < 1.29 is 4.79 Å². The second kappa shape index (κ2) is 7.31. The fraction of sp³-hybridized carbons (Fsp3) is 0.400. The third kappa shape index (κ3) is 3.79. The van der Waals surface area contributed by atoms with E-state index in [4.69, 9.17) is 0 Å². The van der Waals surface area contributed by atoms with E-state index in [0.717, 1.165) is 27.0 Å². The highest BCUT2D eigenvalue weighted by Gasteiger charge is 2.16. The van der Waals surface area contributed by atoms with Gasteiger partial charge in [0.25, 0.3) is 5.91 Å². The molecule has 1 amide bonds. The molecule has 0 aliphatic carbocycles. The molecule has 0 saturated carbocycles. The molecule has 1 aromatic carbocycles. The molecule has 21 heavy (non-hydrogen) atoms. The lowest BCUT2D eigenvalue weighted by Crippen LogP contribution is -2.13. The van der Waals surface area contributed by atoms with E-state index in [1.807, 2.05) is 25.1 Å². The van der Waals surface area contributed by atoms with Crippen LogP contribution in [0.1, 0.15) is 53.5 Å². The summed E-state index contributed by atoms with van der Waals surface area (Å²) in [5, 5.41) is 12.7. The summed E-state index contributed by atoms with van der Waals surface area (Å²) in [6.07, 6.45) is 2.07. The van der Waals surface area contributed by atoms with Gasteiger partial charge in [-0.05, 0) is 54.0 Å². The van der Waals surface area contributed by atoms with Crippen molar-refractivity contribution in [3.63, 3.8) is 0 Å². The number of benzene rings is 1. The number of halogens is 1. The van der Waals surface area contributed by atoms with Gasteiger partial charge in [0.05, 0.1) is 5.56 Å². The number of nitrogens with one attached hydrogen (secondary N) is 1. The van der Waals surface area contributed by atoms with Gasteiger partial charge in [0.2, 0.25) is 5.13 Å². The highest BCUT2D eigenvalue weighted by molar-refractivity contribution is 14.1. The standard InChI is InChI=1S/C15H18IN3OS/c1-4-10(5-2)14-18-19-15(21-14)17-13(20)11-8-6-7-9(3)12(11)16/h6-8,10H,4-5H2,1-3H3,(H,17,19,20). The number of carbonyl (C=O) groups is 1. The Labute approximate surface area is 142 Å². The van der Waals surface area contributed by atoms with Gasteiger partial charge in [0, 0.05) is 9.49 Å². The first-order chi connectivity index (χ1) is 10.1. The summed E-state index contributed by atoms with van der Waals surface area (Å²) in [4.78, 5) is 12.3. The minimum Gasteiger partial charge on any atom is -0.296 e. The molecule has 1 N–H and O–H groups in total. The highest BCUT2D eigenvalue weighted by atomic mass is 127. The van der Waals surface area contributed by atoms with E-state index in [2.05, 4.69) is 52.0 Å². The molecule has 6 heteroatoms. The molecule has 0 atom stereocenters. The van der Waals surface area contributed by atoms with E-state index in [0.29, 0.717) is 16.6 Å². The SMILES string of the molecule is CCC(CC)c1nnc(NC(=O)c2cccc(C)c2I)s1. The number of amides is 1. The molecule has 0 unspecified atom stereocenters. The van der Waals surface area contributed by atoms with Gasteiger partial charge < -0.3 is 0 Å². The average molecular weight is 415 g/mol. The number of rotatable bonds is 5. The maximum absolute atomic E-state index is 12.3. The summed E-state index contributed by atoms with van der Waals surface area (Å²) in [5.41, 5.74) is 1.77. The maximum atomic E-state index is 12.3. The molecule has 0 spiro atoms. The Morgan fingerprint density at radius 1 is 1.33 bits per heavy atom. The number of nitrogens with zero attached hydrogens (tertiary/aromatic N) is 2. The minimum atomic E-state index is -0.129. The zero-order chi connectivity index (χ0) is 15.4. The molecular formula is C15H18IN3OS. The average Bonchev–Trinajstić information content (AvgIpc) is 2.91. The molecule has 112 valence electrons. The summed E-state index contributed by atoms with van der Waals surface area (Å²) >= 11 is 3.66. The monoisotopic (exact) mass is 415 g/mol. The summed E-state index contributed by atoms with van der Waals surface area (Å²) < 4.78 is 0.970. The van der Waals surface area contributed by atoms with Crippen LogP contribution in [0.4, 0.5) is 5.13 Å². The molecule has 0 aliphatic rings. The van der Waals surface area contributed by atoms with Crippen molar-refractivity contribution >= 4 is 45.0 Å². The minimum absolute atomic E-state index is 0.129. The first-order valence-electron chi connectivity index (χ1n) is 6.96. The zero-order valence-electron chi connectivity index (χ0n) is 12.3. The largest absolute Gasteiger partial charge is 0.296 e. The quantitative estimate of drug-likeness (QED) is 0.726. The van der Waals surface area contributed by atoms with E-state index < -0.39 is 0 Å². The van der Waals surface area contributed by atoms with Gasteiger partial charge in [-0.3, -0.25) is 10.1 Å². The third-order valence-electron chi connectivity index (χ3n) is 3.43. The molecule has 2 rings (SSSR count). The van der Waals surface area contributed by atoms with Crippen LogP contribution in [0, 0.1) is 10.5 Å². The van der Waals surface area contributed by atoms with Crippen molar-refractivity contribution in [1.29, 1.82) is 0 Å². The van der Waals surface area contributed by atoms with Gasteiger partial charge in [-0.25, -0.2) is 0 Å². The summed E-state index contributed by atoms with van der Waals surface area (Å²) in [5.74, 6) is 0.294. The van der Waals surface area contributed by atoms with Crippen LogP contribution in [0.15, 0.2) is 18.2 Å². The Kier molecular flexibility index (Phi) is 5.69. The molecule has 0 fully saturated rings. The Hall–Kier alpha value is -1.02. The number of aryl methyl sites for hydroxylation is 1. The Balaban J connectivity index is 2.15. The molecule has 0 saturated heterocycles. The van der Waals surface area contributed by atoms with Gasteiger partial charge in [0.1, 0.15) is 5.01 Å². The van der Waals surface area contributed by atoms with Crippen LogP contribution in [0.5, 0.6) is 0 Å². The van der Waals surface area contributed by atoms with Crippen LogP contribution in [-0.2, 0) is 0 Å². The number of carbonyl (C=O) groups excluding carboxylic acids is 1. The lowest BCUT2D eigenvalue weighted by atomic mass is 10.1. The van der Waals surface area contributed by atoms with Gasteiger partial charge in [-0.1, -0.05) is 37.3 Å². The third-order valence-corrected chi connectivity index (χ3v) is 5.87. The zero-order valence-corrected chi connectivity index (χ0v) is 15.3. The topological polar surface area (TPSA) is 54.9 Å². The second-order valence-electron chi connectivity index (χ2n) is 4.85. The molecule has 0 bridgehead atoms. The van der Waals surface area contributed by atoms with Crippen LogP contribution in [-0.4, -0.2) is 16.1 Å². The fourth-order valence-electron chi connectivity index (χ4n) is 2.08. The number of anilines is 1.